The highest BCUT2D eigenvalue weighted by atomic mass is 32.2. The number of para-hydroxylation sites is 2. The fraction of sp³-hybridized carbons (Fsp3) is 0.375. The lowest BCUT2D eigenvalue weighted by Crippen LogP contribution is -2.75. The molecule has 4 heterocycles. The van der Waals surface area contributed by atoms with Gasteiger partial charge in [-0.1, -0.05) is 111 Å². The van der Waals surface area contributed by atoms with Crippen LogP contribution in [0.5, 0.6) is 11.5 Å². The van der Waals surface area contributed by atoms with E-state index in [0.29, 0.717) is 34.1 Å². The van der Waals surface area contributed by atoms with Crippen molar-refractivity contribution in [3.63, 3.8) is 0 Å². The molecule has 3 amide bonds. The van der Waals surface area contributed by atoms with Crippen LogP contribution in [0.15, 0.2) is 109 Å². The largest absolute Gasteiger partial charge is 0.490 e. The topological polar surface area (TPSA) is 204 Å². The van der Waals surface area contributed by atoms with Crippen LogP contribution in [0, 0.1) is 17.8 Å². The van der Waals surface area contributed by atoms with Gasteiger partial charge in [0.25, 0.3) is 0 Å². The van der Waals surface area contributed by atoms with Crippen LogP contribution in [0.1, 0.15) is 48.2 Å². The number of hydrogen-bond donors (Lipinski definition) is 5. The second kappa shape index (κ2) is 20.1. The first-order chi connectivity index (χ1) is 31.4. The van der Waals surface area contributed by atoms with Gasteiger partial charge in [-0.15, -0.1) is 23.5 Å². The van der Waals surface area contributed by atoms with Gasteiger partial charge in [-0.3, -0.25) is 29.8 Å². The van der Waals surface area contributed by atoms with Gasteiger partial charge in [0, 0.05) is 35.7 Å². The number of amides is 3. The third-order valence-corrected chi connectivity index (χ3v) is 15.5. The van der Waals surface area contributed by atoms with E-state index in [2.05, 4.69) is 16.0 Å². The summed E-state index contributed by atoms with van der Waals surface area (Å²) >= 11 is 2.92. The molecular formula is C48H51N5O10S2. The van der Waals surface area contributed by atoms with Crippen LogP contribution >= 0.6 is 23.5 Å². The number of carboxylic acids is 2. The minimum absolute atomic E-state index is 0.177. The molecule has 0 bridgehead atoms. The second-order valence-electron chi connectivity index (χ2n) is 16.7. The Morgan fingerprint density at radius 3 is 1.60 bits per heavy atom. The number of thioether (sulfide) groups is 2. The lowest BCUT2D eigenvalue weighted by molar-refractivity contribution is -0.170. The number of benzene rings is 4. The van der Waals surface area contributed by atoms with Gasteiger partial charge in [0.15, 0.2) is 5.78 Å². The highest BCUT2D eigenvalue weighted by Crippen LogP contribution is 2.46. The molecule has 0 saturated carbocycles. The van der Waals surface area contributed by atoms with Gasteiger partial charge in [-0.25, -0.2) is 9.59 Å². The van der Waals surface area contributed by atoms with Crippen molar-refractivity contribution in [2.75, 3.05) is 24.7 Å². The lowest BCUT2D eigenvalue weighted by atomic mass is 9.83. The van der Waals surface area contributed by atoms with Gasteiger partial charge in [-0.05, 0) is 35.1 Å². The fourth-order valence-corrected chi connectivity index (χ4v) is 12.0. The monoisotopic (exact) mass is 921 g/mol. The lowest BCUT2D eigenvalue weighted by Gasteiger charge is -2.53. The van der Waals surface area contributed by atoms with Gasteiger partial charge in [0.1, 0.15) is 60.2 Å². The van der Waals surface area contributed by atoms with Crippen LogP contribution in [-0.2, 0) is 41.9 Å². The highest BCUT2D eigenvalue weighted by Gasteiger charge is 2.60. The first-order valence-electron chi connectivity index (χ1n) is 21.6. The maximum absolute atomic E-state index is 14.2. The van der Waals surface area contributed by atoms with Crippen LogP contribution in [0.2, 0.25) is 0 Å². The Balaban J connectivity index is 0.879. The summed E-state index contributed by atoms with van der Waals surface area (Å²) in [6, 6.07) is 28.8. The first kappa shape index (κ1) is 45.7. The molecule has 0 radical (unpaired) electrons. The Hall–Kier alpha value is -5.88. The van der Waals surface area contributed by atoms with Crippen LogP contribution in [0.4, 0.5) is 0 Å². The molecule has 17 heteroatoms. The molecule has 8 unspecified atom stereocenters. The quantitative estimate of drug-likeness (QED) is 0.0500. The average Bonchev–Trinajstić information content (AvgIpc) is 3.31. The molecule has 0 spiro atoms. The maximum Gasteiger partial charge on any atom is 0.326 e. The summed E-state index contributed by atoms with van der Waals surface area (Å²) < 4.78 is 12.4. The number of Topliss-reactive ketones (excluding diaryl/α,β-unsaturated/α-hetero) is 1. The molecule has 4 saturated heterocycles. The summed E-state index contributed by atoms with van der Waals surface area (Å²) in [5, 5.41) is 28.3. The zero-order valence-electron chi connectivity index (χ0n) is 35.8. The molecule has 5 N–H and O–H groups in total. The van der Waals surface area contributed by atoms with Crippen molar-refractivity contribution in [1.29, 1.82) is 0 Å². The molecule has 0 aromatic heterocycles. The predicted octanol–water partition coefficient (Wildman–Crippen LogP) is 4.49. The smallest absolute Gasteiger partial charge is 0.326 e. The van der Waals surface area contributed by atoms with Crippen LogP contribution in [-0.4, -0.2) is 109 Å². The molecule has 4 aliphatic rings. The Kier molecular flexibility index (Phi) is 14.1. The van der Waals surface area contributed by atoms with E-state index in [-0.39, 0.29) is 43.9 Å². The number of hydrogen-bond acceptors (Lipinski definition) is 12. The predicted molar refractivity (Wildman–Crippen MR) is 244 cm³/mol. The molecule has 15 nitrogen and oxygen atoms in total. The van der Waals surface area contributed by atoms with Gasteiger partial charge in [0.05, 0.1) is 11.4 Å². The number of rotatable bonds is 19. The summed E-state index contributed by atoms with van der Waals surface area (Å²) in [4.78, 5) is 81.5. The van der Waals surface area contributed by atoms with Crippen molar-refractivity contribution < 1.29 is 48.5 Å². The maximum atomic E-state index is 14.2. The van der Waals surface area contributed by atoms with Gasteiger partial charge in [0.2, 0.25) is 17.7 Å². The van der Waals surface area contributed by atoms with E-state index in [0.717, 1.165) is 11.1 Å². The number of nitrogens with one attached hydrogen (secondary N) is 3. The molecule has 4 aromatic rings. The molecule has 4 fully saturated rings. The van der Waals surface area contributed by atoms with Crippen molar-refractivity contribution in [1.82, 2.24) is 25.8 Å². The minimum atomic E-state index is -1.06. The first-order valence-corrected chi connectivity index (χ1v) is 23.7. The summed E-state index contributed by atoms with van der Waals surface area (Å²) in [5.74, 6) is -2.85. The average molecular weight is 922 g/mol. The van der Waals surface area contributed by atoms with Crippen molar-refractivity contribution in [3.05, 3.63) is 131 Å². The molecule has 8 rings (SSSR count). The number of β-lactam (4-membered cyclic amide) rings is 2. The third-order valence-electron chi connectivity index (χ3n) is 12.4. The Morgan fingerprint density at radius 2 is 1.08 bits per heavy atom. The molecule has 4 aliphatic heterocycles. The Morgan fingerprint density at radius 1 is 0.631 bits per heavy atom. The van der Waals surface area contributed by atoms with E-state index in [1.54, 1.807) is 6.92 Å². The minimum Gasteiger partial charge on any atom is -0.490 e. The number of nitrogens with zero attached hydrogens (tertiary/aromatic N) is 2. The van der Waals surface area contributed by atoms with E-state index in [4.69, 9.17) is 9.47 Å². The molecule has 65 heavy (non-hydrogen) atoms. The normalized spacial score (nSPS) is 25.4. The van der Waals surface area contributed by atoms with Crippen molar-refractivity contribution in [3.8, 4) is 11.5 Å². The van der Waals surface area contributed by atoms with Crippen LogP contribution in [0.3, 0.4) is 0 Å². The summed E-state index contributed by atoms with van der Waals surface area (Å²) in [7, 11) is 0. The van der Waals surface area contributed by atoms with Crippen molar-refractivity contribution in [2.45, 2.75) is 67.9 Å². The third kappa shape index (κ3) is 9.46. The van der Waals surface area contributed by atoms with Crippen molar-refractivity contribution >= 4 is 59.0 Å². The molecule has 340 valence electrons. The van der Waals surface area contributed by atoms with Crippen LogP contribution < -0.4 is 25.4 Å². The number of aliphatic carboxylic acids is 2. The zero-order chi connectivity index (χ0) is 45.8. The molecule has 4 aromatic carbocycles. The van der Waals surface area contributed by atoms with Gasteiger partial charge < -0.3 is 34.8 Å². The Labute approximate surface area is 385 Å². The number of ketones is 1. The van der Waals surface area contributed by atoms with E-state index in [1.165, 1.54) is 33.3 Å². The number of carbonyl (C=O) groups is 6. The van der Waals surface area contributed by atoms with Gasteiger partial charge in [-0.2, -0.15) is 0 Å². The number of fused-ring (bicyclic) bond motifs is 2. The van der Waals surface area contributed by atoms with E-state index in [1.807, 2.05) is 116 Å². The summed E-state index contributed by atoms with van der Waals surface area (Å²) in [6.07, 6.45) is 0. The second-order valence-corrected chi connectivity index (χ2v) is 19.0. The standard InChI is InChI=1S/C48H51N5O10S2/c1-27-25-64-45-35(43(56)52(45)39(27)47(58)59)41(54)36(29-13-5-3-6-14-29)49-23-31-17-9-11-19-33(31)62-21-22-63-34-20-12-10-18-32(34)24-50-37(30-15-7-4-8-16-30)42(55)51-38-44(57)53-40(48(60)61)28(2)26-65-46(38)53/h3-20,27-28,35-40,45-46,49-50H,21-26H2,1-2H3,(H,51,55)(H,58,59)(H,60,61)/t27?,28?,35-,36?,37?,38+,39?,40?,45?,46?/m1/s1. The Bertz CT molecular complexity index is 2410. The van der Waals surface area contributed by atoms with Crippen molar-refractivity contribution in [2.24, 2.45) is 17.8 Å². The SMILES string of the molecule is CC1CSC2[C@H](C(=O)C(NCc3ccccc3OCCOc3ccccc3CNC(C(=O)N[C@H]3C(=O)N4C(C(=O)O)C(C)CSC34)c3ccccc3)c3ccccc3)C(=O)N2C1C(=O)O. The number of ether oxygens (including phenoxy) is 2. The summed E-state index contributed by atoms with van der Waals surface area (Å²) in [5.41, 5.74) is 2.94. The van der Waals surface area contributed by atoms with Gasteiger partial charge >= 0.3 is 11.9 Å². The number of carbonyl (C=O) groups excluding carboxylic acids is 4. The fourth-order valence-electron chi connectivity index (χ4n) is 9.03. The molecule has 0 aliphatic carbocycles. The highest BCUT2D eigenvalue weighted by molar-refractivity contribution is 8.00. The summed E-state index contributed by atoms with van der Waals surface area (Å²) in [6.45, 7) is 4.45. The van der Waals surface area contributed by atoms with E-state index >= 15 is 0 Å². The van der Waals surface area contributed by atoms with Crippen LogP contribution in [0.25, 0.3) is 0 Å². The number of carboxylic acid groups (broad SMARTS) is 2. The molecular weight excluding hydrogens is 871 g/mol. The van der Waals surface area contributed by atoms with E-state index < -0.39 is 76.5 Å². The zero-order valence-corrected chi connectivity index (χ0v) is 37.4. The molecule has 10 atom stereocenters. The van der Waals surface area contributed by atoms with E-state index in [9.17, 15) is 39.0 Å².